The van der Waals surface area contributed by atoms with Gasteiger partial charge in [0, 0.05) is 35.5 Å². The molecular weight excluding hydrogens is 1330 g/mol. The SMILES string of the molecule is CC1(C(=O)N2CCC[C@]23C[C@H]2C(=C[C@H](Sc4ccccc4)[C@@H](O[Si](c4ccccc4)(c4ccccc4)C(C)(C)C)C2(C)C)NC3=O)C=CCC=C1.CC1(C)C(O[Si](c2ccccc2)(c2ccccc2)C(C)(C)C)C=C[C@]23NC(=O)C4(CCCN4C2=O)CC13.CCC(C)(C)OOC(=O)c1ccccc1. The van der Waals surface area contributed by atoms with Gasteiger partial charge in [0.2, 0.25) is 17.7 Å². The lowest BCUT2D eigenvalue weighted by atomic mass is 9.53. The molecule has 2 bridgehead atoms. The number of allylic oxidation sites excluding steroid dienone is 3. The van der Waals surface area contributed by atoms with Crippen molar-refractivity contribution in [1.29, 1.82) is 0 Å². The monoisotopic (exact) mass is 1440 g/mol. The molecule has 6 saturated heterocycles. The van der Waals surface area contributed by atoms with Gasteiger partial charge in [0.1, 0.15) is 22.2 Å². The third-order valence-electron chi connectivity index (χ3n) is 24.0. The van der Waals surface area contributed by atoms with E-state index in [-0.39, 0.29) is 68.4 Å². The Kier molecular flexibility index (Phi) is 20.8. The molecule has 0 saturated carbocycles. The first kappa shape index (κ1) is 75.0. The number of piperidine rings is 3. The van der Waals surface area contributed by atoms with Crippen LogP contribution in [0.5, 0.6) is 0 Å². The molecule has 8 atom stereocenters. The highest BCUT2D eigenvalue weighted by molar-refractivity contribution is 8.00. The molecule has 0 radical (unpaired) electrons. The van der Waals surface area contributed by atoms with E-state index >= 15 is 0 Å². The van der Waals surface area contributed by atoms with Gasteiger partial charge in [-0.05, 0) is 144 Å². The minimum absolute atomic E-state index is 0.0148. The van der Waals surface area contributed by atoms with Crippen molar-refractivity contribution in [3.63, 3.8) is 0 Å². The number of rotatable bonds is 15. The van der Waals surface area contributed by atoms with Gasteiger partial charge < -0.3 is 29.3 Å². The average molecular weight is 1440 g/mol. The molecule has 2 N–H and O–H groups in total. The molecule has 4 amide bonds. The van der Waals surface area contributed by atoms with Crippen LogP contribution in [0.15, 0.2) is 235 Å². The quantitative estimate of drug-likeness (QED) is 0.0440. The van der Waals surface area contributed by atoms with E-state index in [0.29, 0.717) is 37.9 Å². The van der Waals surface area contributed by atoms with Crippen molar-refractivity contribution in [2.24, 2.45) is 28.1 Å². The molecule has 542 valence electrons. The molecule has 3 unspecified atom stereocenters. The lowest BCUT2D eigenvalue weighted by Crippen LogP contribution is -2.83. The summed E-state index contributed by atoms with van der Waals surface area (Å²) < 4.78 is 15.7. The van der Waals surface area contributed by atoms with Crippen molar-refractivity contribution >= 4 is 78.7 Å². The second kappa shape index (κ2) is 28.6. The highest BCUT2D eigenvalue weighted by atomic mass is 32.2. The van der Waals surface area contributed by atoms with E-state index in [2.05, 4.69) is 256 Å². The number of carbonyl (C=O) groups is 5. The van der Waals surface area contributed by atoms with Crippen LogP contribution >= 0.6 is 11.8 Å². The Labute approximate surface area is 617 Å². The van der Waals surface area contributed by atoms with Gasteiger partial charge in [0.25, 0.3) is 22.5 Å². The standard InChI is InChI=1S/C44H52N2O3SSi.C31H38N2O3Si.C12H16O3/c1-41(2,3)51(33-22-13-8-14-23-33,34-24-15-9-16-25-34)49-38-37(50-32-20-11-7-12-21-32)30-36-35(42(38,4)5)31-44(39(47)45-36)28-19-29-46(44)40(48)43(6)26-17-10-18-27-43;1-28(2,3)37(22-13-8-6-9-14-22,23-15-10-7-11-16-23)36-25-17-19-31-24(29(25,4)5)21-30(26(34)32-31)18-12-20-33(30)27(31)35;1-4-12(2,3)15-14-11(13)10-8-6-5-7-9-10/h7-9,11-18,20-27,30,35,37-38H,10,19,28-29,31H2,1-6H3,(H,45,47);6-11,13-17,19,24-25H,12,18,20-21H2,1-5H3,(H,32,34);5-9H,4H2,1-3H3/t35-,37-,38+,44+;24?,25?,30?,31-;/m01./s1. The van der Waals surface area contributed by atoms with Crippen molar-refractivity contribution in [1.82, 2.24) is 20.4 Å². The molecule has 6 aromatic rings. The summed E-state index contributed by atoms with van der Waals surface area (Å²) in [6.07, 6.45) is 20.1. The Morgan fingerprint density at radius 2 is 1.07 bits per heavy atom. The van der Waals surface area contributed by atoms with Gasteiger partial charge in [-0.25, -0.2) is 4.79 Å². The largest absolute Gasteiger partial charge is 0.402 e. The maximum Gasteiger partial charge on any atom is 0.373 e. The minimum atomic E-state index is -2.97. The summed E-state index contributed by atoms with van der Waals surface area (Å²) in [5.41, 5.74) is -3.08. The van der Waals surface area contributed by atoms with Crippen LogP contribution in [0, 0.1) is 28.1 Å². The molecule has 6 heterocycles. The molecule has 6 aliphatic heterocycles. The predicted molar refractivity (Wildman–Crippen MR) is 417 cm³/mol. The molecular formula is C87H106N4O9SSi2. The molecule has 9 aliphatic rings. The number of nitrogens with zero attached hydrogens (tertiary/aromatic N) is 2. The average Bonchev–Trinajstić information content (AvgIpc) is 1.67. The van der Waals surface area contributed by atoms with Crippen LogP contribution in [0.25, 0.3) is 0 Å². The molecule has 15 rings (SSSR count). The van der Waals surface area contributed by atoms with E-state index in [1.807, 2.05) is 73.6 Å². The highest BCUT2D eigenvalue weighted by Gasteiger charge is 2.73. The minimum Gasteiger partial charge on any atom is -0.402 e. The van der Waals surface area contributed by atoms with Crippen LogP contribution in [0.2, 0.25) is 10.1 Å². The second-order valence-electron chi connectivity index (χ2n) is 33.7. The van der Waals surface area contributed by atoms with Gasteiger partial charge in [0.15, 0.2) is 0 Å². The maximum atomic E-state index is 14.4. The number of thioether (sulfide) groups is 1. The van der Waals surface area contributed by atoms with Crippen LogP contribution in [0.1, 0.15) is 159 Å². The summed E-state index contributed by atoms with van der Waals surface area (Å²) in [4.78, 5) is 82.3. The molecule has 3 aliphatic carbocycles. The van der Waals surface area contributed by atoms with Crippen LogP contribution in [-0.4, -0.2) is 109 Å². The lowest BCUT2D eigenvalue weighted by Gasteiger charge is -2.64. The van der Waals surface area contributed by atoms with Gasteiger partial charge in [-0.3, -0.25) is 24.1 Å². The number of benzene rings is 6. The molecule has 16 heteroatoms. The Bertz CT molecular complexity index is 4100. The first-order valence-electron chi connectivity index (χ1n) is 37.2. The summed E-state index contributed by atoms with van der Waals surface area (Å²) >= 11 is 1.81. The number of fused-ring (bicyclic) bond motifs is 2. The molecule has 6 fully saturated rings. The van der Waals surface area contributed by atoms with Crippen molar-refractivity contribution in [2.75, 3.05) is 13.1 Å². The maximum absolute atomic E-state index is 14.4. The summed E-state index contributed by atoms with van der Waals surface area (Å²) in [7, 11) is -5.77. The smallest absolute Gasteiger partial charge is 0.373 e. The number of hydrogen-bond donors (Lipinski definition) is 2. The summed E-state index contributed by atoms with van der Waals surface area (Å²) in [5, 5.41) is 11.2. The fraction of sp³-hybridized carbons (Fsp3) is 0.437. The van der Waals surface area contributed by atoms with E-state index < -0.39 is 55.7 Å². The number of amides is 4. The Morgan fingerprint density at radius 1 is 0.583 bits per heavy atom. The van der Waals surface area contributed by atoms with Gasteiger partial charge in [-0.15, -0.1) is 11.8 Å². The summed E-state index contributed by atoms with van der Waals surface area (Å²) in [6.45, 7) is 32.0. The Morgan fingerprint density at radius 3 is 1.58 bits per heavy atom. The van der Waals surface area contributed by atoms with E-state index in [0.717, 1.165) is 42.7 Å². The summed E-state index contributed by atoms with van der Waals surface area (Å²) in [5.74, 6) is -0.467. The van der Waals surface area contributed by atoms with E-state index in [1.54, 1.807) is 24.3 Å². The second-order valence-corrected chi connectivity index (χ2v) is 43.4. The summed E-state index contributed by atoms with van der Waals surface area (Å²) in [6, 6.07) is 62.5. The predicted octanol–water partition coefficient (Wildman–Crippen LogP) is 14.8. The first-order chi connectivity index (χ1) is 48.9. The number of nitrogens with one attached hydrogen (secondary N) is 2. The van der Waals surface area contributed by atoms with Crippen LogP contribution in [0.4, 0.5) is 0 Å². The van der Waals surface area contributed by atoms with E-state index in [1.165, 1.54) is 20.7 Å². The number of carbonyl (C=O) groups excluding carboxylic acids is 5. The molecule has 3 spiro atoms. The van der Waals surface area contributed by atoms with Crippen molar-refractivity contribution in [2.45, 2.75) is 203 Å². The Balaban J connectivity index is 0.000000167. The molecule has 6 aromatic carbocycles. The van der Waals surface area contributed by atoms with Gasteiger partial charge in [-0.1, -0.05) is 270 Å². The third kappa shape index (κ3) is 13.5. The molecule has 103 heavy (non-hydrogen) atoms. The zero-order chi connectivity index (χ0) is 73.7. The van der Waals surface area contributed by atoms with Crippen LogP contribution < -0.4 is 31.4 Å². The fourth-order valence-electron chi connectivity index (χ4n) is 18.0. The van der Waals surface area contributed by atoms with Crippen molar-refractivity contribution < 1.29 is 42.6 Å². The van der Waals surface area contributed by atoms with E-state index in [4.69, 9.17) is 18.6 Å². The van der Waals surface area contributed by atoms with Gasteiger partial charge in [0.05, 0.1) is 28.4 Å². The zero-order valence-corrected chi connectivity index (χ0v) is 65.6. The number of hydrogen-bond acceptors (Lipinski definition) is 10. The zero-order valence-electron chi connectivity index (χ0n) is 62.8. The third-order valence-corrected chi connectivity index (χ3v) is 35.2. The van der Waals surface area contributed by atoms with E-state index in [9.17, 15) is 24.0 Å². The van der Waals surface area contributed by atoms with Crippen LogP contribution in [-0.2, 0) is 37.8 Å². The fourth-order valence-corrected chi connectivity index (χ4v) is 29.0. The van der Waals surface area contributed by atoms with Crippen molar-refractivity contribution in [3.05, 3.63) is 236 Å². The first-order valence-corrected chi connectivity index (χ1v) is 41.8. The van der Waals surface area contributed by atoms with Gasteiger partial charge in [-0.2, -0.15) is 4.89 Å². The number of likely N-dealkylation sites (tertiary alicyclic amines) is 1. The molecule has 13 nitrogen and oxygen atoms in total. The molecule has 0 aromatic heterocycles. The normalized spacial score (nSPS) is 26.4. The highest BCUT2D eigenvalue weighted by Crippen LogP contribution is 2.60. The van der Waals surface area contributed by atoms with Crippen molar-refractivity contribution in [3.8, 4) is 0 Å². The number of piperazine rings is 1. The van der Waals surface area contributed by atoms with Crippen LogP contribution in [0.3, 0.4) is 0 Å². The Hall–Kier alpha value is -7.71. The topological polar surface area (TPSA) is 153 Å². The van der Waals surface area contributed by atoms with Gasteiger partial charge >= 0.3 is 5.97 Å². The lowest BCUT2D eigenvalue weighted by molar-refractivity contribution is -0.307.